The van der Waals surface area contributed by atoms with Crippen molar-refractivity contribution in [3.8, 4) is 0 Å². The minimum Gasteiger partial charge on any atom is -1.00 e. The third kappa shape index (κ3) is 11.2. The third-order valence-electron chi connectivity index (χ3n) is 0.0430. The molecule has 1 N–H and O–H groups in total. The Balaban J connectivity index is -0.0000000450. The second-order valence-corrected chi connectivity index (χ2v) is 0.202. The molecule has 5 heavy (non-hydrogen) atoms. The number of rotatable bonds is 1. The second-order valence-electron chi connectivity index (χ2n) is 0.202. The van der Waals surface area contributed by atoms with E-state index in [1.54, 1.807) is 0 Å². The van der Waals surface area contributed by atoms with Gasteiger partial charge in [-0.1, -0.05) is 0 Å². The van der Waals surface area contributed by atoms with E-state index in [0.717, 1.165) is 0 Å². The molecule has 0 radical (unpaired) electrons. The first-order valence-corrected chi connectivity index (χ1v) is 0.654. The molecule has 0 saturated heterocycles. The van der Waals surface area contributed by atoms with E-state index < -0.39 is 0 Å². The Morgan fingerprint density at radius 1 is 2.00 bits per heavy atom. The fourth-order valence-electron chi connectivity index (χ4n) is 0. The Morgan fingerprint density at radius 3 is 2.20 bits per heavy atom. The van der Waals surface area contributed by atoms with Gasteiger partial charge in [-0.15, -0.1) is 0 Å². The van der Waals surface area contributed by atoms with Gasteiger partial charge in [0.05, 0.1) is 0 Å². The Morgan fingerprint density at radius 2 is 2.20 bits per heavy atom. The van der Waals surface area contributed by atoms with Crippen LogP contribution in [0.25, 0.3) is 0 Å². The predicted octanol–water partition coefficient (Wildman–Crippen LogP) is -3.25. The Bertz CT molecular complexity index is 24.8. The van der Waals surface area contributed by atoms with Crippen LogP contribution >= 0.6 is 0 Å². The standard InChI is InChI=1S/CH2O3.K.H/c2-1-4-3;;/h1,3H;;/q;+1;-1. The minimum absolute atomic E-state index is 0. The van der Waals surface area contributed by atoms with E-state index >= 15 is 0 Å². The smallest absolute Gasteiger partial charge is 1.00 e. The summed E-state index contributed by atoms with van der Waals surface area (Å²) in [5.41, 5.74) is 0. The van der Waals surface area contributed by atoms with Crippen LogP contribution in [0.1, 0.15) is 1.43 Å². The maximum absolute atomic E-state index is 8.70. The molecule has 0 aliphatic carbocycles. The summed E-state index contributed by atoms with van der Waals surface area (Å²) in [4.78, 5) is 11.6. The summed E-state index contributed by atoms with van der Waals surface area (Å²) in [6.45, 7) is -0.0694. The summed E-state index contributed by atoms with van der Waals surface area (Å²) in [7, 11) is 0. The second kappa shape index (κ2) is 8.91. The predicted molar refractivity (Wildman–Crippen MR) is 10.9 cm³/mol. The number of hydrogen-bond donors (Lipinski definition) is 1. The van der Waals surface area contributed by atoms with Gasteiger partial charge in [0.25, 0.3) is 0 Å². The normalized spacial score (nSPS) is 4.20. The van der Waals surface area contributed by atoms with Gasteiger partial charge in [0.1, 0.15) is 0 Å². The van der Waals surface area contributed by atoms with Gasteiger partial charge >= 0.3 is 57.9 Å². The fraction of sp³-hybridized carbons (Fsp3) is 0. The average molecular weight is 102 g/mol. The zero-order valence-electron chi connectivity index (χ0n) is 3.84. The molecular formula is CH3KO3. The van der Waals surface area contributed by atoms with E-state index in [4.69, 9.17) is 10.1 Å². The van der Waals surface area contributed by atoms with E-state index in [1.165, 1.54) is 0 Å². The van der Waals surface area contributed by atoms with Crippen molar-refractivity contribution in [2.75, 3.05) is 0 Å². The van der Waals surface area contributed by atoms with E-state index in [1.807, 2.05) is 0 Å². The molecule has 0 aromatic carbocycles. The van der Waals surface area contributed by atoms with Crippen LogP contribution in [0.2, 0.25) is 0 Å². The number of hydrogen-bond acceptors (Lipinski definition) is 3. The molecule has 0 atom stereocenters. The number of carbonyl (C=O) groups is 1. The van der Waals surface area contributed by atoms with Gasteiger partial charge in [-0.05, 0) is 0 Å². The van der Waals surface area contributed by atoms with Crippen molar-refractivity contribution in [3.05, 3.63) is 0 Å². The maximum Gasteiger partial charge on any atom is 1.00 e. The van der Waals surface area contributed by atoms with Crippen LogP contribution in [0, 0.1) is 0 Å². The summed E-state index contributed by atoms with van der Waals surface area (Å²) < 4.78 is 0. The molecule has 0 aromatic rings. The van der Waals surface area contributed by atoms with Gasteiger partial charge in [0.2, 0.25) is 0 Å². The van der Waals surface area contributed by atoms with Gasteiger partial charge < -0.3 is 6.31 Å². The molecule has 3 nitrogen and oxygen atoms in total. The van der Waals surface area contributed by atoms with Crippen LogP contribution in [0.3, 0.4) is 0 Å². The van der Waals surface area contributed by atoms with Gasteiger partial charge in [0.15, 0.2) is 0 Å². The topological polar surface area (TPSA) is 46.5 Å². The van der Waals surface area contributed by atoms with Crippen LogP contribution in [-0.2, 0) is 9.68 Å². The number of carbonyl (C=O) groups excluding carboxylic acids is 1. The molecule has 0 saturated carbocycles. The monoisotopic (exact) mass is 102 g/mol. The molecule has 4 heteroatoms. The Kier molecular flexibility index (Phi) is 16.8. The molecule has 26 valence electrons. The van der Waals surface area contributed by atoms with Crippen molar-refractivity contribution in [1.82, 2.24) is 0 Å². The van der Waals surface area contributed by atoms with E-state index in [-0.39, 0.29) is 59.3 Å². The van der Waals surface area contributed by atoms with Gasteiger partial charge in [-0.3, -0.25) is 4.79 Å². The Labute approximate surface area is 73.1 Å². The van der Waals surface area contributed by atoms with Crippen molar-refractivity contribution in [1.29, 1.82) is 0 Å². The van der Waals surface area contributed by atoms with Crippen LogP contribution < -0.4 is 51.4 Å². The largest absolute Gasteiger partial charge is 1.00 e. The molecule has 0 aliphatic heterocycles. The maximum atomic E-state index is 8.70. The molecule has 0 heterocycles. The molecule has 0 aliphatic rings. The van der Waals surface area contributed by atoms with Gasteiger partial charge in [0, 0.05) is 0 Å². The molecule has 0 rings (SSSR count). The first-order chi connectivity index (χ1) is 1.91. The zero-order chi connectivity index (χ0) is 3.41. The molecule has 0 amide bonds. The summed E-state index contributed by atoms with van der Waals surface area (Å²) in [6, 6.07) is 0. The summed E-state index contributed by atoms with van der Waals surface area (Å²) >= 11 is 0. The van der Waals surface area contributed by atoms with Crippen molar-refractivity contribution in [2.24, 2.45) is 0 Å². The molecule has 0 unspecified atom stereocenters. The molecule has 0 bridgehead atoms. The van der Waals surface area contributed by atoms with Gasteiger partial charge in [-0.25, -0.2) is 5.26 Å². The molecular weight excluding hydrogens is 99.1 g/mol. The molecule has 0 aromatic heterocycles. The van der Waals surface area contributed by atoms with Crippen LogP contribution in [0.5, 0.6) is 0 Å². The van der Waals surface area contributed by atoms with Crippen LogP contribution in [-0.4, -0.2) is 11.7 Å². The molecule has 0 spiro atoms. The van der Waals surface area contributed by atoms with E-state index in [2.05, 4.69) is 4.89 Å². The van der Waals surface area contributed by atoms with Crippen LogP contribution in [0.15, 0.2) is 0 Å². The van der Waals surface area contributed by atoms with Crippen molar-refractivity contribution < 1.29 is 67.8 Å². The van der Waals surface area contributed by atoms with Crippen LogP contribution in [0.4, 0.5) is 0 Å². The summed E-state index contributed by atoms with van der Waals surface area (Å²) in [5, 5.41) is 7.01. The van der Waals surface area contributed by atoms with Gasteiger partial charge in [-0.2, -0.15) is 0 Å². The van der Waals surface area contributed by atoms with E-state index in [9.17, 15) is 0 Å². The quantitative estimate of drug-likeness (QED) is 0.164. The SMILES string of the molecule is O=COO.[H-].[K+]. The van der Waals surface area contributed by atoms with Crippen molar-refractivity contribution in [2.45, 2.75) is 0 Å². The third-order valence-corrected chi connectivity index (χ3v) is 0.0430. The first-order valence-electron chi connectivity index (χ1n) is 0.654. The fourth-order valence-corrected chi connectivity index (χ4v) is 0. The summed E-state index contributed by atoms with van der Waals surface area (Å²) in [5.74, 6) is 0. The zero-order valence-corrected chi connectivity index (χ0v) is 5.96. The first kappa shape index (κ1) is 9.42. The van der Waals surface area contributed by atoms with E-state index in [0.29, 0.717) is 0 Å². The molecule has 0 fully saturated rings. The van der Waals surface area contributed by atoms with Crippen molar-refractivity contribution in [3.63, 3.8) is 0 Å². The average Bonchev–Trinajstić information content (AvgIpc) is 1.37. The summed E-state index contributed by atoms with van der Waals surface area (Å²) in [6.07, 6.45) is 0. The minimum atomic E-state index is -0.0694. The van der Waals surface area contributed by atoms with Crippen molar-refractivity contribution >= 4 is 6.47 Å². The Hall–Kier alpha value is 1.07.